The van der Waals surface area contributed by atoms with Crippen LogP contribution in [-0.2, 0) is 32.9 Å². The van der Waals surface area contributed by atoms with Crippen molar-refractivity contribution in [3.63, 3.8) is 0 Å². The van der Waals surface area contributed by atoms with Crippen LogP contribution in [0.1, 0.15) is 48.0 Å². The first-order valence-corrected chi connectivity index (χ1v) is 14.9. The van der Waals surface area contributed by atoms with Gasteiger partial charge >= 0.3 is 0 Å². The van der Waals surface area contributed by atoms with Gasteiger partial charge < -0.3 is 30.1 Å². The highest BCUT2D eigenvalue weighted by atomic mass is 16.5. The summed E-state index contributed by atoms with van der Waals surface area (Å²) >= 11 is 0. The number of ether oxygens (including phenoxy) is 1. The Morgan fingerprint density at radius 1 is 1.04 bits per heavy atom. The van der Waals surface area contributed by atoms with Crippen molar-refractivity contribution in [2.24, 2.45) is 0 Å². The summed E-state index contributed by atoms with van der Waals surface area (Å²) in [5, 5.41) is 32.8. The number of piperazine rings is 1. The van der Waals surface area contributed by atoms with E-state index in [0.29, 0.717) is 18.8 Å². The number of amides is 1. The maximum atomic E-state index is 14.0. The molecule has 0 bridgehead atoms. The van der Waals surface area contributed by atoms with Gasteiger partial charge in [-0.05, 0) is 39.8 Å². The number of nitrogens with zero attached hydrogens (tertiary/aromatic N) is 5. The number of rotatable bonds is 7. The second kappa shape index (κ2) is 11.5. The molecule has 0 saturated carbocycles. The van der Waals surface area contributed by atoms with E-state index in [4.69, 9.17) is 4.74 Å². The highest BCUT2D eigenvalue weighted by Crippen LogP contribution is 2.57. The molecular weight excluding hydrogens is 592 g/mol. The van der Waals surface area contributed by atoms with Crippen LogP contribution in [0.5, 0.6) is 17.2 Å². The minimum Gasteiger partial charge on any atom is -0.507 e. The Morgan fingerprint density at radius 3 is 2.41 bits per heavy atom. The molecule has 3 aliphatic rings. The van der Waals surface area contributed by atoms with Gasteiger partial charge in [-0.1, -0.05) is 23.4 Å². The number of aromatic nitrogens is 3. The third-order valence-corrected chi connectivity index (χ3v) is 8.93. The molecule has 2 aromatic carbocycles. The second-order valence-corrected chi connectivity index (χ2v) is 11.9. The fraction of sp³-hybridized carbons (Fsp3) is 0.333. The number of nitrogens with one attached hydrogen (secondary N) is 1. The summed E-state index contributed by atoms with van der Waals surface area (Å²) in [5.41, 5.74) is 0.0187. The van der Waals surface area contributed by atoms with Crippen LogP contribution in [0, 0.1) is 6.92 Å². The van der Waals surface area contributed by atoms with E-state index in [1.165, 1.54) is 31.5 Å². The maximum absolute atomic E-state index is 14.0. The molecule has 1 atom stereocenters. The zero-order chi connectivity index (χ0) is 32.9. The molecule has 1 aromatic heterocycles. The van der Waals surface area contributed by atoms with Gasteiger partial charge in [-0.15, -0.1) is 5.10 Å². The first-order valence-electron chi connectivity index (χ1n) is 14.9. The summed E-state index contributed by atoms with van der Waals surface area (Å²) in [5.74, 6) is -2.84. The number of phenolic OH excluding ortho intramolecular Hbond substituents is 2. The van der Waals surface area contributed by atoms with Crippen molar-refractivity contribution in [3.05, 3.63) is 82.0 Å². The van der Waals surface area contributed by atoms with Gasteiger partial charge in [0.05, 0.1) is 23.9 Å². The summed E-state index contributed by atoms with van der Waals surface area (Å²) in [7, 11) is 0. The summed E-state index contributed by atoms with van der Waals surface area (Å²) in [4.78, 5) is 56.6. The van der Waals surface area contributed by atoms with Gasteiger partial charge in [0.2, 0.25) is 5.91 Å². The number of anilines is 1. The fourth-order valence-electron chi connectivity index (χ4n) is 6.26. The number of ketones is 3. The normalized spacial score (nSPS) is 20.1. The average molecular weight is 627 g/mol. The van der Waals surface area contributed by atoms with E-state index in [1.807, 2.05) is 18.2 Å². The number of carbonyl (C=O) groups is 4. The maximum Gasteiger partial charge on any atom is 0.244 e. The zero-order valence-electron chi connectivity index (χ0n) is 26.0. The van der Waals surface area contributed by atoms with Crippen LogP contribution in [0.4, 0.5) is 5.69 Å². The van der Waals surface area contributed by atoms with E-state index < -0.39 is 28.5 Å². The van der Waals surface area contributed by atoms with Crippen molar-refractivity contribution in [2.45, 2.75) is 46.2 Å². The van der Waals surface area contributed by atoms with Gasteiger partial charge in [0.15, 0.2) is 17.3 Å². The Hall–Kier alpha value is -5.46. The molecule has 1 amide bonds. The molecule has 46 heavy (non-hydrogen) atoms. The van der Waals surface area contributed by atoms with Gasteiger partial charge in [-0.3, -0.25) is 19.2 Å². The SMILES string of the molecule is CC(=O)c1c(O)c(C)c(O)c2c1OC1=CC(=O)/C(=C(/C)NCc3cn(CC(=O)N4CCN(c5ccccc5)CC4)nn3)C(=O)C12C. The minimum absolute atomic E-state index is 0.0242. The van der Waals surface area contributed by atoms with Crippen molar-refractivity contribution < 1.29 is 34.1 Å². The van der Waals surface area contributed by atoms with Crippen LogP contribution in [0.15, 0.2) is 59.6 Å². The summed E-state index contributed by atoms with van der Waals surface area (Å²) < 4.78 is 7.26. The number of allylic oxidation sites excluding steroid dienone is 4. The van der Waals surface area contributed by atoms with E-state index in [1.54, 1.807) is 18.0 Å². The Morgan fingerprint density at radius 2 is 1.74 bits per heavy atom. The molecule has 13 heteroatoms. The van der Waals surface area contributed by atoms with Gasteiger partial charge in [0.25, 0.3) is 0 Å². The molecule has 1 fully saturated rings. The number of phenols is 2. The third kappa shape index (κ3) is 4.97. The van der Waals surface area contributed by atoms with Gasteiger partial charge in [0, 0.05) is 49.2 Å². The van der Waals surface area contributed by atoms with Crippen molar-refractivity contribution in [1.29, 1.82) is 0 Å². The number of hydrogen-bond donors (Lipinski definition) is 3. The molecule has 238 valence electrons. The number of benzene rings is 2. The highest BCUT2D eigenvalue weighted by Gasteiger charge is 2.56. The summed E-state index contributed by atoms with van der Waals surface area (Å²) in [6, 6.07) is 10.1. The lowest BCUT2D eigenvalue weighted by Gasteiger charge is -2.36. The first-order chi connectivity index (χ1) is 21.9. The zero-order valence-corrected chi connectivity index (χ0v) is 26.0. The lowest BCUT2D eigenvalue weighted by Crippen LogP contribution is -2.49. The number of carbonyl (C=O) groups excluding carboxylic acids is 4. The number of aromatic hydroxyl groups is 2. The van der Waals surface area contributed by atoms with Crippen molar-refractivity contribution >= 4 is 28.9 Å². The van der Waals surface area contributed by atoms with E-state index in [0.717, 1.165) is 18.8 Å². The van der Waals surface area contributed by atoms with Gasteiger partial charge in [-0.2, -0.15) is 0 Å². The van der Waals surface area contributed by atoms with Crippen LogP contribution in [0.3, 0.4) is 0 Å². The monoisotopic (exact) mass is 626 g/mol. The Kier molecular flexibility index (Phi) is 7.62. The molecule has 3 N–H and O–H groups in total. The number of hydrogen-bond acceptors (Lipinski definition) is 11. The molecule has 1 saturated heterocycles. The number of para-hydroxylation sites is 1. The predicted octanol–water partition coefficient (Wildman–Crippen LogP) is 2.30. The van der Waals surface area contributed by atoms with Gasteiger partial charge in [0.1, 0.15) is 46.2 Å². The van der Waals surface area contributed by atoms with Crippen molar-refractivity contribution in [2.75, 3.05) is 31.1 Å². The lowest BCUT2D eigenvalue weighted by molar-refractivity contribution is -0.132. The minimum atomic E-state index is -1.61. The highest BCUT2D eigenvalue weighted by molar-refractivity contribution is 6.31. The molecule has 13 nitrogen and oxygen atoms in total. The van der Waals surface area contributed by atoms with Crippen molar-refractivity contribution in [1.82, 2.24) is 25.2 Å². The van der Waals surface area contributed by atoms with Crippen LogP contribution >= 0.6 is 0 Å². The Bertz CT molecular complexity index is 1850. The average Bonchev–Trinajstić information content (AvgIpc) is 3.61. The molecule has 1 unspecified atom stereocenters. The molecular formula is C33H34N6O7. The Labute approximate surface area is 264 Å². The lowest BCUT2D eigenvalue weighted by atomic mass is 9.70. The van der Waals surface area contributed by atoms with Crippen LogP contribution in [0.25, 0.3) is 0 Å². The smallest absolute Gasteiger partial charge is 0.244 e. The van der Waals surface area contributed by atoms with E-state index >= 15 is 0 Å². The van der Waals surface area contributed by atoms with E-state index in [9.17, 15) is 29.4 Å². The first kappa shape index (κ1) is 30.6. The molecule has 0 spiro atoms. The number of fused-ring (bicyclic) bond motifs is 3. The largest absolute Gasteiger partial charge is 0.507 e. The Balaban J connectivity index is 1.14. The molecule has 1 aliphatic carbocycles. The van der Waals surface area contributed by atoms with Crippen LogP contribution in [0.2, 0.25) is 0 Å². The predicted molar refractivity (Wildman–Crippen MR) is 165 cm³/mol. The molecule has 0 radical (unpaired) electrons. The van der Waals surface area contributed by atoms with Crippen molar-refractivity contribution in [3.8, 4) is 17.2 Å². The molecule has 3 heterocycles. The second-order valence-electron chi connectivity index (χ2n) is 11.9. The van der Waals surface area contributed by atoms with Crippen LogP contribution < -0.4 is 15.0 Å². The van der Waals surface area contributed by atoms with Gasteiger partial charge in [-0.25, -0.2) is 4.68 Å². The molecule has 2 aliphatic heterocycles. The number of Topliss-reactive ketones (excluding diaryl/α,β-unsaturated/α-hetero) is 2. The summed E-state index contributed by atoms with van der Waals surface area (Å²) in [6.07, 6.45) is 2.80. The van der Waals surface area contributed by atoms with Crippen LogP contribution in [-0.4, -0.2) is 79.5 Å². The summed E-state index contributed by atoms with van der Waals surface area (Å²) in [6.45, 7) is 8.58. The fourth-order valence-corrected chi connectivity index (χ4v) is 6.26. The quantitative estimate of drug-likeness (QED) is 0.200. The van der Waals surface area contributed by atoms with E-state index in [2.05, 4.69) is 32.7 Å². The van der Waals surface area contributed by atoms with E-state index in [-0.39, 0.29) is 64.2 Å². The molecule has 6 rings (SSSR count). The topological polar surface area (TPSA) is 167 Å². The molecule has 3 aromatic rings. The third-order valence-electron chi connectivity index (χ3n) is 8.93. The standard InChI is InChI=1S/C33H34N6O7/c1-18-29(43)27(20(3)40)31-28(30(18)44)33(4)24(46-31)14-23(41)26(32(33)45)19(2)34-15-21-16-39(36-35-21)17-25(42)38-12-10-37(11-13-38)22-8-6-5-7-9-22/h5-9,14,16,34,43-44H,10-13,15,17H2,1-4H3/b26-19+.